The fourth-order valence-electron chi connectivity index (χ4n) is 1.87. The molecule has 2 heterocycles. The lowest BCUT2D eigenvalue weighted by atomic mass is 10.2. The molecule has 17 heavy (non-hydrogen) atoms. The van der Waals surface area contributed by atoms with Crippen LogP contribution in [0.1, 0.15) is 17.4 Å². The maximum atomic E-state index is 12.3. The van der Waals surface area contributed by atoms with Crippen LogP contribution < -0.4 is 5.32 Å². The highest BCUT2D eigenvalue weighted by molar-refractivity contribution is 5.93. The SMILES string of the molecule is CNc1cccc(C(=O)N2CCOCC2C)n1. The summed E-state index contributed by atoms with van der Waals surface area (Å²) in [5.41, 5.74) is 0.477. The Morgan fingerprint density at radius 2 is 2.41 bits per heavy atom. The normalized spacial score (nSPS) is 20.1. The zero-order valence-corrected chi connectivity index (χ0v) is 10.1. The van der Waals surface area contributed by atoms with Gasteiger partial charge in [-0.25, -0.2) is 4.98 Å². The van der Waals surface area contributed by atoms with E-state index in [1.807, 2.05) is 24.0 Å². The predicted molar refractivity (Wildman–Crippen MR) is 65.1 cm³/mol. The average molecular weight is 235 g/mol. The van der Waals surface area contributed by atoms with Gasteiger partial charge in [-0.05, 0) is 19.1 Å². The van der Waals surface area contributed by atoms with Gasteiger partial charge in [0.2, 0.25) is 0 Å². The third-order valence-electron chi connectivity index (χ3n) is 2.85. The van der Waals surface area contributed by atoms with Crippen LogP contribution in [0.2, 0.25) is 0 Å². The van der Waals surface area contributed by atoms with Crippen molar-refractivity contribution in [3.05, 3.63) is 23.9 Å². The van der Waals surface area contributed by atoms with Crippen molar-refractivity contribution in [2.24, 2.45) is 0 Å². The summed E-state index contributed by atoms with van der Waals surface area (Å²) in [6, 6.07) is 5.51. The molecule has 5 nitrogen and oxygen atoms in total. The number of aromatic nitrogens is 1. The summed E-state index contributed by atoms with van der Waals surface area (Å²) in [5.74, 6) is 0.676. The Hall–Kier alpha value is -1.62. The highest BCUT2D eigenvalue weighted by Gasteiger charge is 2.25. The van der Waals surface area contributed by atoms with Gasteiger partial charge in [-0.3, -0.25) is 4.79 Å². The molecule has 92 valence electrons. The largest absolute Gasteiger partial charge is 0.377 e. The summed E-state index contributed by atoms with van der Waals surface area (Å²) in [4.78, 5) is 18.3. The predicted octanol–water partition coefficient (Wildman–Crippen LogP) is 0.984. The van der Waals surface area contributed by atoms with Crippen molar-refractivity contribution in [1.29, 1.82) is 0 Å². The number of carbonyl (C=O) groups is 1. The Morgan fingerprint density at radius 1 is 1.59 bits per heavy atom. The topological polar surface area (TPSA) is 54.5 Å². The van der Waals surface area contributed by atoms with Gasteiger partial charge < -0.3 is 15.0 Å². The van der Waals surface area contributed by atoms with E-state index in [2.05, 4.69) is 10.3 Å². The molecule has 1 N–H and O–H groups in total. The van der Waals surface area contributed by atoms with Gasteiger partial charge in [0.15, 0.2) is 0 Å². The van der Waals surface area contributed by atoms with Crippen molar-refractivity contribution < 1.29 is 9.53 Å². The number of ether oxygens (including phenoxy) is 1. The molecule has 1 fully saturated rings. The minimum atomic E-state index is -0.0297. The van der Waals surface area contributed by atoms with Gasteiger partial charge >= 0.3 is 0 Å². The summed E-state index contributed by atoms with van der Waals surface area (Å²) in [5, 5.41) is 2.93. The average Bonchev–Trinajstić information content (AvgIpc) is 2.38. The van der Waals surface area contributed by atoms with E-state index in [9.17, 15) is 4.79 Å². The second kappa shape index (κ2) is 5.14. The van der Waals surface area contributed by atoms with Crippen LogP contribution in [0.15, 0.2) is 18.2 Å². The van der Waals surface area contributed by atoms with Crippen molar-refractivity contribution in [1.82, 2.24) is 9.88 Å². The molecular formula is C12H17N3O2. The number of hydrogen-bond acceptors (Lipinski definition) is 4. The first-order chi connectivity index (χ1) is 8.22. The molecule has 0 bridgehead atoms. The standard InChI is InChI=1S/C12H17N3O2/c1-9-8-17-7-6-15(9)12(16)10-4-3-5-11(13-2)14-10/h3-5,9H,6-8H2,1-2H3,(H,13,14). The molecule has 1 saturated heterocycles. The Morgan fingerprint density at radius 3 is 3.12 bits per heavy atom. The number of morpholine rings is 1. The van der Waals surface area contributed by atoms with Gasteiger partial charge in [0, 0.05) is 13.6 Å². The molecule has 0 radical (unpaired) electrons. The van der Waals surface area contributed by atoms with Crippen LogP contribution in [0, 0.1) is 0 Å². The summed E-state index contributed by atoms with van der Waals surface area (Å²) in [6.45, 7) is 3.81. The Kier molecular flexibility index (Phi) is 3.58. The van der Waals surface area contributed by atoms with Gasteiger partial charge in [-0.1, -0.05) is 6.07 Å². The summed E-state index contributed by atoms with van der Waals surface area (Å²) in [7, 11) is 1.79. The zero-order chi connectivity index (χ0) is 12.3. The molecule has 0 aromatic carbocycles. The van der Waals surface area contributed by atoms with Crippen LogP contribution in [0.25, 0.3) is 0 Å². The molecule has 0 spiro atoms. The third-order valence-corrected chi connectivity index (χ3v) is 2.85. The molecule has 1 aromatic rings. The van der Waals surface area contributed by atoms with E-state index in [0.717, 1.165) is 0 Å². The van der Waals surface area contributed by atoms with Gasteiger partial charge in [0.25, 0.3) is 5.91 Å². The fraction of sp³-hybridized carbons (Fsp3) is 0.500. The molecule has 0 saturated carbocycles. The second-order valence-electron chi connectivity index (χ2n) is 4.08. The van der Waals surface area contributed by atoms with Crippen LogP contribution in [0.4, 0.5) is 5.82 Å². The molecular weight excluding hydrogens is 218 g/mol. The zero-order valence-electron chi connectivity index (χ0n) is 10.1. The first kappa shape index (κ1) is 11.9. The van der Waals surface area contributed by atoms with Gasteiger partial charge in [-0.15, -0.1) is 0 Å². The van der Waals surface area contributed by atoms with E-state index in [0.29, 0.717) is 31.3 Å². The summed E-state index contributed by atoms with van der Waals surface area (Å²) < 4.78 is 5.32. The molecule has 2 rings (SSSR count). The third kappa shape index (κ3) is 2.55. The van der Waals surface area contributed by atoms with Crippen LogP contribution in [0.5, 0.6) is 0 Å². The van der Waals surface area contributed by atoms with E-state index >= 15 is 0 Å². The first-order valence-electron chi connectivity index (χ1n) is 5.76. The van der Waals surface area contributed by atoms with Crippen LogP contribution in [-0.2, 0) is 4.74 Å². The monoisotopic (exact) mass is 235 g/mol. The summed E-state index contributed by atoms with van der Waals surface area (Å²) >= 11 is 0. The van der Waals surface area contributed by atoms with E-state index in [1.54, 1.807) is 13.1 Å². The molecule has 1 unspecified atom stereocenters. The lowest BCUT2D eigenvalue weighted by molar-refractivity contribution is 0.00328. The van der Waals surface area contributed by atoms with Crippen molar-refractivity contribution in [2.75, 3.05) is 32.1 Å². The maximum Gasteiger partial charge on any atom is 0.272 e. The molecule has 1 amide bonds. The smallest absolute Gasteiger partial charge is 0.272 e. The molecule has 1 aliphatic rings. The van der Waals surface area contributed by atoms with E-state index < -0.39 is 0 Å². The summed E-state index contributed by atoms with van der Waals surface area (Å²) in [6.07, 6.45) is 0. The van der Waals surface area contributed by atoms with Crippen molar-refractivity contribution >= 4 is 11.7 Å². The minimum Gasteiger partial charge on any atom is -0.377 e. The first-order valence-corrected chi connectivity index (χ1v) is 5.76. The Labute approximate surface area is 101 Å². The Balaban J connectivity index is 2.17. The lowest BCUT2D eigenvalue weighted by Gasteiger charge is -2.33. The molecule has 1 atom stereocenters. The number of rotatable bonds is 2. The van der Waals surface area contributed by atoms with E-state index in [-0.39, 0.29) is 11.9 Å². The lowest BCUT2D eigenvalue weighted by Crippen LogP contribution is -2.47. The number of nitrogens with one attached hydrogen (secondary N) is 1. The maximum absolute atomic E-state index is 12.3. The minimum absolute atomic E-state index is 0.0297. The van der Waals surface area contributed by atoms with Crippen molar-refractivity contribution in [2.45, 2.75) is 13.0 Å². The van der Waals surface area contributed by atoms with Crippen LogP contribution in [-0.4, -0.2) is 48.6 Å². The Bertz CT molecular complexity index is 408. The fourth-order valence-corrected chi connectivity index (χ4v) is 1.87. The number of pyridine rings is 1. The number of hydrogen-bond donors (Lipinski definition) is 1. The number of carbonyl (C=O) groups excluding carboxylic acids is 1. The molecule has 1 aromatic heterocycles. The van der Waals surface area contributed by atoms with E-state index in [1.165, 1.54) is 0 Å². The van der Waals surface area contributed by atoms with Gasteiger partial charge in [0.05, 0.1) is 19.3 Å². The van der Waals surface area contributed by atoms with Crippen LogP contribution >= 0.6 is 0 Å². The molecule has 5 heteroatoms. The van der Waals surface area contributed by atoms with Crippen molar-refractivity contribution in [3.63, 3.8) is 0 Å². The highest BCUT2D eigenvalue weighted by atomic mass is 16.5. The second-order valence-corrected chi connectivity index (χ2v) is 4.08. The van der Waals surface area contributed by atoms with Crippen LogP contribution in [0.3, 0.4) is 0 Å². The highest BCUT2D eigenvalue weighted by Crippen LogP contribution is 2.12. The van der Waals surface area contributed by atoms with E-state index in [4.69, 9.17) is 4.74 Å². The molecule has 1 aliphatic heterocycles. The number of nitrogens with zero attached hydrogens (tertiary/aromatic N) is 2. The number of amides is 1. The van der Waals surface area contributed by atoms with Gasteiger partial charge in [0.1, 0.15) is 11.5 Å². The quantitative estimate of drug-likeness (QED) is 0.830. The van der Waals surface area contributed by atoms with Gasteiger partial charge in [-0.2, -0.15) is 0 Å². The van der Waals surface area contributed by atoms with Crippen molar-refractivity contribution in [3.8, 4) is 0 Å². The molecule has 0 aliphatic carbocycles. The number of anilines is 1.